The molecule has 52 heavy (non-hydrogen) atoms. The minimum atomic E-state index is 0.180. The standard InChI is InChI=1S/C48H54B2N2/c1-29-19-33(5)43(34(6)20-29)49(44-35(7)21-30(2)22-36(44)8)27-41-15-13-17-51-47(41)48-42(16-14-18-52-48)28-50(45-37(9)23-31(3)24-38(45)10)46-39(11)25-32(4)26-40(46)12/h13-26H,27-28H2,1-12H3. The summed E-state index contributed by atoms with van der Waals surface area (Å²) in [6.07, 6.45) is 5.56. The molecule has 262 valence electrons. The van der Waals surface area contributed by atoms with E-state index < -0.39 is 0 Å². The lowest BCUT2D eigenvalue weighted by atomic mass is 9.34. The first-order valence-electron chi connectivity index (χ1n) is 18.9. The number of hydrogen-bond donors (Lipinski definition) is 0. The summed E-state index contributed by atoms with van der Waals surface area (Å²) in [5.74, 6) is 0. The van der Waals surface area contributed by atoms with Gasteiger partial charge in [-0.2, -0.15) is 0 Å². The minimum Gasteiger partial charge on any atom is -0.254 e. The first kappa shape index (κ1) is 37.1. The smallest absolute Gasteiger partial charge is 0.215 e. The van der Waals surface area contributed by atoms with Crippen LogP contribution in [0.3, 0.4) is 0 Å². The van der Waals surface area contributed by atoms with Crippen molar-refractivity contribution in [3.63, 3.8) is 0 Å². The lowest BCUT2D eigenvalue weighted by Gasteiger charge is -2.26. The molecule has 2 nitrogen and oxygen atoms in total. The Morgan fingerprint density at radius 2 is 0.596 bits per heavy atom. The van der Waals surface area contributed by atoms with Crippen LogP contribution in [0.2, 0.25) is 0 Å². The molecule has 4 aromatic carbocycles. The fourth-order valence-electron chi connectivity index (χ4n) is 9.73. The Labute approximate surface area is 314 Å². The number of aromatic nitrogens is 2. The van der Waals surface area contributed by atoms with Gasteiger partial charge in [0, 0.05) is 12.4 Å². The number of nitrogens with zero attached hydrogens (tertiary/aromatic N) is 2. The van der Waals surface area contributed by atoms with Crippen LogP contribution < -0.4 is 21.9 Å². The van der Waals surface area contributed by atoms with E-state index in [1.54, 1.807) is 0 Å². The maximum atomic E-state index is 5.15. The summed E-state index contributed by atoms with van der Waals surface area (Å²) in [4.78, 5) is 10.3. The molecule has 0 aliphatic rings. The van der Waals surface area contributed by atoms with Crippen LogP contribution in [0, 0.1) is 83.1 Å². The topological polar surface area (TPSA) is 25.8 Å². The lowest BCUT2D eigenvalue weighted by Crippen LogP contribution is -2.49. The second kappa shape index (κ2) is 15.1. The Bertz CT molecular complexity index is 1930. The molecule has 0 amide bonds. The number of aryl methyl sites for hydroxylation is 12. The second-order valence-corrected chi connectivity index (χ2v) is 15.8. The highest BCUT2D eigenvalue weighted by Gasteiger charge is 2.31. The summed E-state index contributed by atoms with van der Waals surface area (Å²) in [5, 5.41) is 0. The van der Waals surface area contributed by atoms with E-state index in [0.29, 0.717) is 0 Å². The largest absolute Gasteiger partial charge is 0.254 e. The van der Waals surface area contributed by atoms with Crippen molar-refractivity contribution in [2.45, 2.75) is 95.7 Å². The molecule has 4 heteroatoms. The van der Waals surface area contributed by atoms with Gasteiger partial charge in [0.15, 0.2) is 0 Å². The average Bonchev–Trinajstić information content (AvgIpc) is 3.03. The maximum Gasteiger partial charge on any atom is 0.215 e. The van der Waals surface area contributed by atoms with Gasteiger partial charge in [-0.25, -0.2) is 0 Å². The van der Waals surface area contributed by atoms with Crippen molar-refractivity contribution in [2.24, 2.45) is 0 Å². The third-order valence-corrected chi connectivity index (χ3v) is 11.2. The van der Waals surface area contributed by atoms with E-state index in [2.05, 4.69) is 156 Å². The van der Waals surface area contributed by atoms with E-state index in [1.165, 1.54) is 99.7 Å². The molecule has 0 aliphatic heterocycles. The molecular formula is C48H54B2N2. The van der Waals surface area contributed by atoms with Crippen LogP contribution in [-0.2, 0) is 12.6 Å². The first-order chi connectivity index (χ1) is 24.7. The van der Waals surface area contributed by atoms with Crippen LogP contribution in [0.4, 0.5) is 0 Å². The molecule has 0 aliphatic carbocycles. The van der Waals surface area contributed by atoms with Gasteiger partial charge < -0.3 is 0 Å². The van der Waals surface area contributed by atoms with Crippen LogP contribution in [-0.4, -0.2) is 23.4 Å². The van der Waals surface area contributed by atoms with Gasteiger partial charge in [-0.1, -0.05) is 149 Å². The van der Waals surface area contributed by atoms with Crippen LogP contribution in [0.5, 0.6) is 0 Å². The molecule has 0 spiro atoms. The van der Waals surface area contributed by atoms with Gasteiger partial charge in [0.1, 0.15) is 0 Å². The zero-order valence-corrected chi connectivity index (χ0v) is 33.5. The highest BCUT2D eigenvalue weighted by atomic mass is 14.8. The molecule has 0 bridgehead atoms. The van der Waals surface area contributed by atoms with E-state index >= 15 is 0 Å². The van der Waals surface area contributed by atoms with Crippen LogP contribution >= 0.6 is 0 Å². The Kier molecular flexibility index (Phi) is 10.8. The Balaban J connectivity index is 1.52. The molecule has 6 aromatic rings. The highest BCUT2D eigenvalue weighted by Crippen LogP contribution is 2.27. The second-order valence-electron chi connectivity index (χ2n) is 15.8. The summed E-state index contributed by atoms with van der Waals surface area (Å²) in [6, 6.07) is 27.5. The molecule has 0 saturated heterocycles. The van der Waals surface area contributed by atoms with E-state index in [-0.39, 0.29) is 13.4 Å². The molecule has 0 N–H and O–H groups in total. The van der Waals surface area contributed by atoms with Crippen LogP contribution in [0.25, 0.3) is 11.4 Å². The number of benzene rings is 4. The van der Waals surface area contributed by atoms with Crippen molar-refractivity contribution in [3.8, 4) is 11.4 Å². The van der Waals surface area contributed by atoms with E-state index in [1.807, 2.05) is 12.4 Å². The molecular weight excluding hydrogens is 626 g/mol. The molecule has 6 rings (SSSR count). The quantitative estimate of drug-likeness (QED) is 0.143. The van der Waals surface area contributed by atoms with Crippen LogP contribution in [0.15, 0.2) is 85.2 Å². The Morgan fingerprint density at radius 3 is 0.827 bits per heavy atom. The molecule has 0 atom stereocenters. The molecule has 2 heterocycles. The van der Waals surface area contributed by atoms with Gasteiger partial charge in [-0.05, 0) is 119 Å². The van der Waals surface area contributed by atoms with Gasteiger partial charge in [0.2, 0.25) is 13.4 Å². The zero-order chi connectivity index (χ0) is 37.4. The predicted molar refractivity (Wildman–Crippen MR) is 228 cm³/mol. The maximum absolute atomic E-state index is 5.15. The van der Waals surface area contributed by atoms with Gasteiger partial charge in [0.05, 0.1) is 11.4 Å². The van der Waals surface area contributed by atoms with Crippen molar-refractivity contribution in [1.82, 2.24) is 9.97 Å². The van der Waals surface area contributed by atoms with E-state index in [9.17, 15) is 0 Å². The van der Waals surface area contributed by atoms with Gasteiger partial charge in [-0.3, -0.25) is 9.97 Å². The first-order valence-corrected chi connectivity index (χ1v) is 18.9. The fraction of sp³-hybridized carbons (Fsp3) is 0.292. The van der Waals surface area contributed by atoms with E-state index in [4.69, 9.17) is 9.97 Å². The van der Waals surface area contributed by atoms with Crippen molar-refractivity contribution < 1.29 is 0 Å². The average molecular weight is 681 g/mol. The van der Waals surface area contributed by atoms with Crippen molar-refractivity contribution >= 4 is 35.3 Å². The molecule has 0 radical (unpaired) electrons. The zero-order valence-electron chi connectivity index (χ0n) is 33.5. The number of pyridine rings is 2. The highest BCUT2D eigenvalue weighted by molar-refractivity contribution is 6.86. The third-order valence-electron chi connectivity index (χ3n) is 11.2. The normalized spacial score (nSPS) is 11.2. The van der Waals surface area contributed by atoms with Crippen molar-refractivity contribution in [2.75, 3.05) is 0 Å². The van der Waals surface area contributed by atoms with Gasteiger partial charge in [-0.15, -0.1) is 0 Å². The summed E-state index contributed by atoms with van der Waals surface area (Å²) >= 11 is 0. The van der Waals surface area contributed by atoms with Crippen LogP contribution in [0.1, 0.15) is 77.9 Å². The van der Waals surface area contributed by atoms with Crippen molar-refractivity contribution in [3.05, 3.63) is 163 Å². The lowest BCUT2D eigenvalue weighted by molar-refractivity contribution is 1.16. The van der Waals surface area contributed by atoms with E-state index in [0.717, 1.165) is 24.0 Å². The molecule has 2 aromatic heterocycles. The Morgan fingerprint density at radius 1 is 0.365 bits per heavy atom. The van der Waals surface area contributed by atoms with Gasteiger partial charge >= 0.3 is 0 Å². The number of hydrogen-bond acceptors (Lipinski definition) is 2. The summed E-state index contributed by atoms with van der Waals surface area (Å²) < 4.78 is 0. The minimum absolute atomic E-state index is 0.180. The monoisotopic (exact) mass is 680 g/mol. The summed E-state index contributed by atoms with van der Waals surface area (Å²) in [5.41, 5.74) is 26.1. The summed E-state index contributed by atoms with van der Waals surface area (Å²) in [6.45, 7) is 27.4. The number of rotatable bonds is 9. The van der Waals surface area contributed by atoms with Gasteiger partial charge in [0.25, 0.3) is 0 Å². The Hall–Kier alpha value is -4.69. The molecule has 0 fully saturated rings. The fourth-order valence-corrected chi connectivity index (χ4v) is 9.73. The molecule has 0 unspecified atom stereocenters. The SMILES string of the molecule is Cc1cc(C)c(B(Cc2cccnc2-c2ncccc2CB(c2c(C)cc(C)cc2C)c2c(C)cc(C)cc2C)c2c(C)cc(C)cc2C)c(C)c1. The van der Waals surface area contributed by atoms with Crippen molar-refractivity contribution in [1.29, 1.82) is 0 Å². The predicted octanol–water partition coefficient (Wildman–Crippen LogP) is 8.63. The molecule has 0 saturated carbocycles. The summed E-state index contributed by atoms with van der Waals surface area (Å²) in [7, 11) is 0. The third kappa shape index (κ3) is 7.45.